The molecule has 0 aromatic heterocycles. The van der Waals surface area contributed by atoms with E-state index >= 15 is 0 Å². The van der Waals surface area contributed by atoms with Crippen molar-refractivity contribution in [1.82, 2.24) is 0 Å². The standard InChI is InChI=1S/C15H13FO2S/c1-10-4-2-3-5-12(10)9-19-14-7-6-11(15(17)18)8-13(14)16/h2-8H,9H2,1H3,(H,17,18). The summed E-state index contributed by atoms with van der Waals surface area (Å²) in [4.78, 5) is 11.2. The molecule has 2 aromatic rings. The first-order valence-electron chi connectivity index (χ1n) is 5.78. The molecule has 0 amide bonds. The maximum absolute atomic E-state index is 13.7. The molecule has 2 nitrogen and oxygen atoms in total. The summed E-state index contributed by atoms with van der Waals surface area (Å²) in [6.45, 7) is 2.01. The van der Waals surface area contributed by atoms with Crippen LogP contribution in [0.3, 0.4) is 0 Å². The highest BCUT2D eigenvalue weighted by atomic mass is 32.2. The summed E-state index contributed by atoms with van der Waals surface area (Å²) < 4.78 is 13.7. The van der Waals surface area contributed by atoms with Gasteiger partial charge in [-0.2, -0.15) is 0 Å². The third-order valence-electron chi connectivity index (χ3n) is 2.82. The minimum atomic E-state index is -1.12. The van der Waals surface area contributed by atoms with Crippen LogP contribution in [0.5, 0.6) is 0 Å². The molecule has 98 valence electrons. The number of halogens is 1. The van der Waals surface area contributed by atoms with Gasteiger partial charge in [0, 0.05) is 10.6 Å². The number of aryl methyl sites for hydroxylation is 1. The van der Waals surface area contributed by atoms with Crippen molar-refractivity contribution in [1.29, 1.82) is 0 Å². The Labute approximate surface area is 115 Å². The van der Waals surface area contributed by atoms with E-state index < -0.39 is 11.8 Å². The van der Waals surface area contributed by atoms with Crippen molar-refractivity contribution in [3.05, 3.63) is 65.0 Å². The number of carboxylic acids is 1. The third kappa shape index (κ3) is 3.35. The second-order valence-electron chi connectivity index (χ2n) is 4.17. The molecule has 0 heterocycles. The van der Waals surface area contributed by atoms with E-state index in [1.54, 1.807) is 0 Å². The maximum Gasteiger partial charge on any atom is 0.335 e. The smallest absolute Gasteiger partial charge is 0.335 e. The Bertz CT molecular complexity index is 611. The Balaban J connectivity index is 2.12. The average Bonchev–Trinajstić information content (AvgIpc) is 2.39. The van der Waals surface area contributed by atoms with Gasteiger partial charge in [-0.05, 0) is 36.2 Å². The maximum atomic E-state index is 13.7. The molecule has 2 rings (SSSR count). The van der Waals surface area contributed by atoms with Gasteiger partial charge in [0.15, 0.2) is 0 Å². The second kappa shape index (κ2) is 5.89. The number of hydrogen-bond acceptors (Lipinski definition) is 2. The van der Waals surface area contributed by atoms with Crippen LogP contribution < -0.4 is 0 Å². The zero-order chi connectivity index (χ0) is 13.8. The van der Waals surface area contributed by atoms with Gasteiger partial charge < -0.3 is 5.11 Å². The van der Waals surface area contributed by atoms with Gasteiger partial charge in [-0.3, -0.25) is 0 Å². The fourth-order valence-corrected chi connectivity index (χ4v) is 2.67. The van der Waals surface area contributed by atoms with Crippen LogP contribution >= 0.6 is 11.8 Å². The first-order chi connectivity index (χ1) is 9.08. The Kier molecular flexibility index (Phi) is 4.22. The molecular formula is C15H13FO2S. The summed E-state index contributed by atoms with van der Waals surface area (Å²) >= 11 is 1.37. The first kappa shape index (κ1) is 13.6. The van der Waals surface area contributed by atoms with Crippen LogP contribution in [0.25, 0.3) is 0 Å². The monoisotopic (exact) mass is 276 g/mol. The molecule has 0 aliphatic carbocycles. The van der Waals surface area contributed by atoms with Crippen molar-refractivity contribution >= 4 is 17.7 Å². The molecule has 4 heteroatoms. The van der Waals surface area contributed by atoms with Gasteiger partial charge in [-0.1, -0.05) is 24.3 Å². The number of aromatic carboxylic acids is 1. The quantitative estimate of drug-likeness (QED) is 0.853. The summed E-state index contributed by atoms with van der Waals surface area (Å²) in [5.74, 6) is -0.941. The second-order valence-corrected chi connectivity index (χ2v) is 5.18. The zero-order valence-electron chi connectivity index (χ0n) is 10.4. The molecule has 0 radical (unpaired) electrons. The van der Waals surface area contributed by atoms with Crippen LogP contribution in [0, 0.1) is 12.7 Å². The number of carboxylic acid groups (broad SMARTS) is 1. The lowest BCUT2D eigenvalue weighted by Crippen LogP contribution is -1.97. The van der Waals surface area contributed by atoms with Crippen molar-refractivity contribution < 1.29 is 14.3 Å². The summed E-state index contributed by atoms with van der Waals surface area (Å²) in [6, 6.07) is 11.9. The number of hydrogen-bond donors (Lipinski definition) is 1. The lowest BCUT2D eigenvalue weighted by molar-refractivity contribution is 0.0696. The van der Waals surface area contributed by atoms with Crippen molar-refractivity contribution in [3.63, 3.8) is 0 Å². The summed E-state index contributed by atoms with van der Waals surface area (Å²) in [7, 11) is 0. The summed E-state index contributed by atoms with van der Waals surface area (Å²) in [5.41, 5.74) is 2.28. The largest absolute Gasteiger partial charge is 0.478 e. The number of thioether (sulfide) groups is 1. The predicted octanol–water partition coefficient (Wildman–Crippen LogP) is 4.12. The molecule has 0 saturated carbocycles. The van der Waals surface area contributed by atoms with Gasteiger partial charge in [-0.15, -0.1) is 11.8 Å². The van der Waals surface area contributed by atoms with Gasteiger partial charge >= 0.3 is 5.97 Å². The fraction of sp³-hybridized carbons (Fsp3) is 0.133. The molecule has 0 spiro atoms. The molecule has 1 N–H and O–H groups in total. The van der Waals surface area contributed by atoms with E-state index in [4.69, 9.17) is 5.11 Å². The van der Waals surface area contributed by atoms with Crippen molar-refractivity contribution in [2.45, 2.75) is 17.6 Å². The Morgan fingerprint density at radius 2 is 2.00 bits per heavy atom. The van der Waals surface area contributed by atoms with E-state index in [1.807, 2.05) is 31.2 Å². The number of rotatable bonds is 4. The fourth-order valence-electron chi connectivity index (χ4n) is 1.68. The van der Waals surface area contributed by atoms with E-state index in [9.17, 15) is 9.18 Å². The van der Waals surface area contributed by atoms with Crippen LogP contribution in [-0.2, 0) is 5.75 Å². The Hall–Kier alpha value is -1.81. The van der Waals surface area contributed by atoms with Crippen molar-refractivity contribution in [2.24, 2.45) is 0 Å². The molecule has 0 saturated heterocycles. The molecule has 0 fully saturated rings. The lowest BCUT2D eigenvalue weighted by Gasteiger charge is -2.06. The minimum Gasteiger partial charge on any atom is -0.478 e. The van der Waals surface area contributed by atoms with E-state index in [2.05, 4.69) is 0 Å². The molecular weight excluding hydrogens is 263 g/mol. The van der Waals surface area contributed by atoms with Crippen molar-refractivity contribution in [2.75, 3.05) is 0 Å². The lowest BCUT2D eigenvalue weighted by atomic mass is 10.1. The van der Waals surface area contributed by atoms with E-state index in [0.29, 0.717) is 10.6 Å². The van der Waals surface area contributed by atoms with E-state index in [0.717, 1.165) is 17.2 Å². The Morgan fingerprint density at radius 3 is 2.63 bits per heavy atom. The van der Waals surface area contributed by atoms with Gasteiger partial charge in [0.2, 0.25) is 0 Å². The van der Waals surface area contributed by atoms with E-state index in [1.165, 1.54) is 23.9 Å². The molecule has 2 aromatic carbocycles. The van der Waals surface area contributed by atoms with Crippen molar-refractivity contribution in [3.8, 4) is 0 Å². The molecule has 0 aliphatic heterocycles. The molecule has 19 heavy (non-hydrogen) atoms. The van der Waals surface area contributed by atoms with Crippen LogP contribution in [0.2, 0.25) is 0 Å². The van der Waals surface area contributed by atoms with Crippen LogP contribution in [-0.4, -0.2) is 11.1 Å². The number of benzene rings is 2. The SMILES string of the molecule is Cc1ccccc1CSc1ccc(C(=O)O)cc1F. The molecule has 0 atom stereocenters. The highest BCUT2D eigenvalue weighted by Gasteiger charge is 2.09. The highest BCUT2D eigenvalue weighted by Crippen LogP contribution is 2.27. The normalized spacial score (nSPS) is 10.4. The number of carbonyl (C=O) groups is 1. The molecule has 0 unspecified atom stereocenters. The van der Waals surface area contributed by atoms with Crippen LogP contribution in [0.15, 0.2) is 47.4 Å². The third-order valence-corrected chi connectivity index (χ3v) is 3.92. The van der Waals surface area contributed by atoms with Gasteiger partial charge in [0.1, 0.15) is 5.82 Å². The molecule has 0 bridgehead atoms. The Morgan fingerprint density at radius 1 is 1.26 bits per heavy atom. The summed E-state index contributed by atoms with van der Waals surface area (Å²) in [5, 5.41) is 8.77. The van der Waals surface area contributed by atoms with Gasteiger partial charge in [-0.25, -0.2) is 9.18 Å². The molecule has 0 aliphatic rings. The predicted molar refractivity (Wildman–Crippen MR) is 74.1 cm³/mol. The van der Waals surface area contributed by atoms with Crippen LogP contribution in [0.1, 0.15) is 21.5 Å². The average molecular weight is 276 g/mol. The zero-order valence-corrected chi connectivity index (χ0v) is 11.2. The minimum absolute atomic E-state index is 0.0299. The van der Waals surface area contributed by atoms with Crippen LogP contribution in [0.4, 0.5) is 4.39 Å². The van der Waals surface area contributed by atoms with Gasteiger partial charge in [0.25, 0.3) is 0 Å². The topological polar surface area (TPSA) is 37.3 Å². The highest BCUT2D eigenvalue weighted by molar-refractivity contribution is 7.98. The first-order valence-corrected chi connectivity index (χ1v) is 6.76. The van der Waals surface area contributed by atoms with E-state index in [-0.39, 0.29) is 5.56 Å². The summed E-state index contributed by atoms with van der Waals surface area (Å²) in [6.07, 6.45) is 0. The van der Waals surface area contributed by atoms with Gasteiger partial charge in [0.05, 0.1) is 5.56 Å².